The van der Waals surface area contributed by atoms with Gasteiger partial charge in [0.25, 0.3) is 5.91 Å². The Morgan fingerprint density at radius 3 is 2.68 bits per heavy atom. The van der Waals surface area contributed by atoms with Crippen LogP contribution in [0.2, 0.25) is 0 Å². The van der Waals surface area contributed by atoms with Crippen molar-refractivity contribution in [2.75, 3.05) is 0 Å². The lowest BCUT2D eigenvalue weighted by Gasteiger charge is -2.37. The number of amides is 1. The van der Waals surface area contributed by atoms with Gasteiger partial charge in [0.15, 0.2) is 5.60 Å². The molecule has 3 aromatic rings. The number of ether oxygens (including phenoxy) is 1. The molecule has 5 nitrogen and oxygen atoms in total. The summed E-state index contributed by atoms with van der Waals surface area (Å²) in [7, 11) is 0. The number of esters is 1. The molecule has 1 unspecified atom stereocenters. The van der Waals surface area contributed by atoms with Gasteiger partial charge in [-0.15, -0.1) is 11.3 Å². The number of cyclic esters (lactones) is 1. The van der Waals surface area contributed by atoms with Gasteiger partial charge in [0.1, 0.15) is 5.76 Å². The number of fused-ring (bicyclic) bond motifs is 1. The lowest BCUT2D eigenvalue weighted by Crippen LogP contribution is -2.52. The molecule has 1 aromatic carbocycles. The van der Waals surface area contributed by atoms with Crippen LogP contribution in [0.5, 0.6) is 0 Å². The van der Waals surface area contributed by atoms with Crippen LogP contribution in [-0.2, 0) is 29.0 Å². The lowest BCUT2D eigenvalue weighted by atomic mass is 9.89. The fraction of sp³-hybridized carbons (Fsp3) is 0.273. The molecule has 0 aliphatic carbocycles. The van der Waals surface area contributed by atoms with E-state index in [0.717, 1.165) is 10.4 Å². The van der Waals surface area contributed by atoms with E-state index in [4.69, 9.17) is 9.15 Å². The molecule has 2 aromatic heterocycles. The molecule has 0 radical (unpaired) electrons. The van der Waals surface area contributed by atoms with E-state index in [0.29, 0.717) is 30.8 Å². The average molecular weight is 395 g/mol. The summed E-state index contributed by atoms with van der Waals surface area (Å²) in [6.07, 6.45) is 1.94. The van der Waals surface area contributed by atoms with Gasteiger partial charge in [0.05, 0.1) is 24.9 Å². The minimum atomic E-state index is -1.25. The highest BCUT2D eigenvalue weighted by Crippen LogP contribution is 2.31. The van der Waals surface area contributed by atoms with Crippen molar-refractivity contribution in [2.24, 2.45) is 0 Å². The minimum Gasteiger partial charge on any atom is -0.467 e. The molecule has 0 fully saturated rings. The Balaban J connectivity index is 1.63. The Labute approximate surface area is 167 Å². The number of carbonyl (C=O) groups is 2. The van der Waals surface area contributed by atoms with Gasteiger partial charge in [-0.25, -0.2) is 4.79 Å². The molecule has 0 saturated heterocycles. The normalized spacial score (nSPS) is 18.4. The van der Waals surface area contributed by atoms with Crippen molar-refractivity contribution in [3.63, 3.8) is 0 Å². The van der Waals surface area contributed by atoms with Gasteiger partial charge in [-0.1, -0.05) is 18.2 Å². The van der Waals surface area contributed by atoms with Crippen molar-refractivity contribution in [2.45, 2.75) is 39.0 Å². The Morgan fingerprint density at radius 2 is 1.96 bits per heavy atom. The first kappa shape index (κ1) is 18.5. The smallest absolute Gasteiger partial charge is 0.339 e. The zero-order valence-electron chi connectivity index (χ0n) is 15.8. The highest BCUT2D eigenvalue weighted by molar-refractivity contribution is 7.11. The van der Waals surface area contributed by atoms with Crippen molar-refractivity contribution in [3.8, 4) is 0 Å². The number of thiophene rings is 1. The molecule has 0 N–H and O–H groups in total. The number of hydrogen-bond donors (Lipinski definition) is 0. The maximum Gasteiger partial charge on any atom is 0.339 e. The van der Waals surface area contributed by atoms with Crippen LogP contribution < -0.4 is 0 Å². The highest BCUT2D eigenvalue weighted by atomic mass is 32.1. The Bertz CT molecular complexity index is 1010. The van der Waals surface area contributed by atoms with Crippen LogP contribution >= 0.6 is 11.3 Å². The van der Waals surface area contributed by atoms with E-state index >= 15 is 0 Å². The maximum atomic E-state index is 13.5. The molecule has 1 aliphatic rings. The Morgan fingerprint density at radius 1 is 1.14 bits per heavy atom. The van der Waals surface area contributed by atoms with Crippen LogP contribution in [0.4, 0.5) is 0 Å². The molecular formula is C22H21NO4S. The lowest BCUT2D eigenvalue weighted by molar-refractivity contribution is -0.152. The summed E-state index contributed by atoms with van der Waals surface area (Å²) in [5.41, 5.74) is 0.114. The number of furan rings is 1. The topological polar surface area (TPSA) is 59.8 Å². The number of benzene rings is 1. The average Bonchev–Trinajstić information content (AvgIpc) is 3.32. The number of aryl methyl sites for hydroxylation is 1. The summed E-state index contributed by atoms with van der Waals surface area (Å²) in [6.45, 7) is 4.48. The van der Waals surface area contributed by atoms with Crippen molar-refractivity contribution in [3.05, 3.63) is 81.4 Å². The number of hydrogen-bond acceptors (Lipinski definition) is 5. The third-order valence-corrected chi connectivity index (χ3v) is 5.88. The molecule has 144 valence electrons. The minimum absolute atomic E-state index is 0.224. The monoisotopic (exact) mass is 395 g/mol. The summed E-state index contributed by atoms with van der Waals surface area (Å²) in [6, 6.07) is 15.0. The fourth-order valence-electron chi connectivity index (χ4n) is 3.53. The van der Waals surface area contributed by atoms with Gasteiger partial charge in [0.2, 0.25) is 0 Å². The van der Waals surface area contributed by atoms with Gasteiger partial charge in [-0.05, 0) is 49.7 Å². The standard InChI is InChI=1S/C22H21NO4S/c1-15-9-10-18(28-15)14-23(13-17-7-5-11-26-17)21(25)22(2)12-16-6-3-4-8-19(16)20(24)27-22/h3-11H,12-14H2,1-2H3. The second-order valence-corrected chi connectivity index (χ2v) is 8.58. The van der Waals surface area contributed by atoms with E-state index in [1.165, 1.54) is 4.88 Å². The second kappa shape index (κ2) is 7.28. The first-order valence-electron chi connectivity index (χ1n) is 9.13. The highest BCUT2D eigenvalue weighted by Gasteiger charge is 2.45. The molecule has 1 atom stereocenters. The van der Waals surface area contributed by atoms with Crippen LogP contribution in [-0.4, -0.2) is 22.4 Å². The SMILES string of the molecule is Cc1ccc(CN(Cc2ccco2)C(=O)C2(C)Cc3ccccc3C(=O)O2)s1. The van der Waals surface area contributed by atoms with E-state index < -0.39 is 11.6 Å². The Kier molecular flexibility index (Phi) is 4.81. The van der Waals surface area contributed by atoms with E-state index in [1.807, 2.05) is 37.3 Å². The molecule has 28 heavy (non-hydrogen) atoms. The van der Waals surface area contributed by atoms with Gasteiger partial charge in [0, 0.05) is 16.2 Å². The molecular weight excluding hydrogens is 374 g/mol. The largest absolute Gasteiger partial charge is 0.467 e. The van der Waals surface area contributed by atoms with Gasteiger partial charge in [-0.2, -0.15) is 0 Å². The number of nitrogens with zero attached hydrogens (tertiary/aromatic N) is 1. The maximum absolute atomic E-state index is 13.5. The van der Waals surface area contributed by atoms with Crippen LogP contribution in [0, 0.1) is 6.92 Å². The quantitative estimate of drug-likeness (QED) is 0.603. The van der Waals surface area contributed by atoms with Crippen molar-refractivity contribution in [1.29, 1.82) is 0 Å². The van der Waals surface area contributed by atoms with Gasteiger partial charge >= 0.3 is 5.97 Å². The molecule has 0 spiro atoms. The van der Waals surface area contributed by atoms with Gasteiger partial charge in [-0.3, -0.25) is 4.79 Å². The van der Waals surface area contributed by atoms with Crippen molar-refractivity contribution < 1.29 is 18.7 Å². The summed E-state index contributed by atoms with van der Waals surface area (Å²) < 4.78 is 11.1. The molecule has 0 saturated carbocycles. The van der Waals surface area contributed by atoms with Gasteiger partial charge < -0.3 is 14.1 Å². The Hall–Kier alpha value is -2.86. The van der Waals surface area contributed by atoms with Crippen LogP contribution in [0.25, 0.3) is 0 Å². The summed E-state index contributed by atoms with van der Waals surface area (Å²) in [5, 5.41) is 0. The summed E-state index contributed by atoms with van der Waals surface area (Å²) in [4.78, 5) is 30.0. The predicted molar refractivity (Wildman–Crippen MR) is 106 cm³/mol. The summed E-state index contributed by atoms with van der Waals surface area (Å²) >= 11 is 1.65. The molecule has 6 heteroatoms. The molecule has 0 bridgehead atoms. The van der Waals surface area contributed by atoms with Crippen LogP contribution in [0.1, 0.15) is 38.4 Å². The summed E-state index contributed by atoms with van der Waals surface area (Å²) in [5.74, 6) is 0.00758. The molecule has 1 amide bonds. The molecule has 4 rings (SSSR count). The molecule has 3 heterocycles. The van der Waals surface area contributed by atoms with E-state index in [9.17, 15) is 9.59 Å². The third kappa shape index (κ3) is 3.60. The first-order valence-corrected chi connectivity index (χ1v) is 9.94. The van der Waals surface area contributed by atoms with Crippen molar-refractivity contribution in [1.82, 2.24) is 4.90 Å². The van der Waals surface area contributed by atoms with E-state index in [1.54, 1.807) is 47.6 Å². The first-order chi connectivity index (χ1) is 13.4. The number of rotatable bonds is 5. The van der Waals surface area contributed by atoms with E-state index in [2.05, 4.69) is 0 Å². The van der Waals surface area contributed by atoms with Crippen molar-refractivity contribution >= 4 is 23.2 Å². The fourth-order valence-corrected chi connectivity index (χ4v) is 4.44. The van der Waals surface area contributed by atoms with E-state index in [-0.39, 0.29) is 5.91 Å². The van der Waals surface area contributed by atoms with Crippen LogP contribution in [0.15, 0.2) is 59.2 Å². The zero-order valence-corrected chi connectivity index (χ0v) is 16.6. The second-order valence-electron chi connectivity index (χ2n) is 7.21. The zero-order chi connectivity index (χ0) is 19.7. The predicted octanol–water partition coefficient (Wildman–Crippen LogP) is 4.35. The third-order valence-electron chi connectivity index (χ3n) is 4.89. The molecule has 1 aliphatic heterocycles. The van der Waals surface area contributed by atoms with Crippen LogP contribution in [0.3, 0.4) is 0 Å². The number of carbonyl (C=O) groups excluding carboxylic acids is 2.